The lowest BCUT2D eigenvalue weighted by Gasteiger charge is -2.08. The summed E-state index contributed by atoms with van der Waals surface area (Å²) in [6.45, 7) is 1.82. The number of nitrogens with one attached hydrogen (secondary N) is 2. The molecule has 0 saturated heterocycles. The Bertz CT molecular complexity index is 1000. The Balaban J connectivity index is 1.75. The van der Waals surface area contributed by atoms with Gasteiger partial charge in [-0.3, -0.25) is 14.8 Å². The quantitative estimate of drug-likeness (QED) is 0.714. The molecule has 1 aromatic carbocycles. The summed E-state index contributed by atoms with van der Waals surface area (Å²) >= 11 is 11.8. The molecule has 0 saturated carbocycles. The minimum absolute atomic E-state index is 0.251. The van der Waals surface area contributed by atoms with Gasteiger partial charge >= 0.3 is 6.03 Å². The van der Waals surface area contributed by atoms with Gasteiger partial charge in [0.05, 0.1) is 22.0 Å². The van der Waals surface area contributed by atoms with Gasteiger partial charge in [0.1, 0.15) is 0 Å². The van der Waals surface area contributed by atoms with E-state index in [0.29, 0.717) is 16.4 Å². The number of hydrogen-bond donors (Lipinski definition) is 2. The molecule has 0 spiro atoms. The van der Waals surface area contributed by atoms with Crippen LogP contribution in [0.2, 0.25) is 10.0 Å². The minimum atomic E-state index is -0.711. The summed E-state index contributed by atoms with van der Waals surface area (Å²) in [5, 5.41) is 10.4. The highest BCUT2D eigenvalue weighted by Crippen LogP contribution is 2.25. The predicted octanol–water partition coefficient (Wildman–Crippen LogP) is 3.55. The summed E-state index contributed by atoms with van der Waals surface area (Å²) in [7, 11) is 1.77. The number of urea groups is 1. The average molecular weight is 378 g/mol. The van der Waals surface area contributed by atoms with Gasteiger partial charge in [-0.25, -0.2) is 9.78 Å². The molecule has 2 aromatic heterocycles. The maximum atomic E-state index is 12.3. The monoisotopic (exact) mass is 377 g/mol. The van der Waals surface area contributed by atoms with Crippen LogP contribution in [0.25, 0.3) is 11.0 Å². The van der Waals surface area contributed by atoms with Crippen molar-refractivity contribution in [2.45, 2.75) is 6.92 Å². The molecule has 2 heterocycles. The molecule has 0 atom stereocenters. The SMILES string of the molecule is Cc1nn(C)c2ncc(C(=O)NC(=O)Nc3ccc(Cl)cc3Cl)cc12. The van der Waals surface area contributed by atoms with Crippen LogP contribution in [0.15, 0.2) is 30.5 Å². The zero-order valence-electron chi connectivity index (χ0n) is 13.3. The van der Waals surface area contributed by atoms with Crippen LogP contribution in [0.4, 0.5) is 10.5 Å². The maximum Gasteiger partial charge on any atom is 0.326 e. The molecule has 0 radical (unpaired) electrons. The molecule has 128 valence electrons. The minimum Gasteiger partial charge on any atom is -0.306 e. The molecule has 0 bridgehead atoms. The number of imide groups is 1. The van der Waals surface area contributed by atoms with Crippen molar-refractivity contribution in [3.8, 4) is 0 Å². The van der Waals surface area contributed by atoms with Crippen molar-refractivity contribution in [1.29, 1.82) is 0 Å². The van der Waals surface area contributed by atoms with Crippen LogP contribution >= 0.6 is 23.2 Å². The van der Waals surface area contributed by atoms with Gasteiger partial charge in [0, 0.05) is 23.7 Å². The summed E-state index contributed by atoms with van der Waals surface area (Å²) in [4.78, 5) is 28.5. The van der Waals surface area contributed by atoms with Crippen molar-refractivity contribution >= 4 is 51.9 Å². The summed E-state index contributed by atoms with van der Waals surface area (Å²) in [5.74, 6) is -0.583. The van der Waals surface area contributed by atoms with Crippen molar-refractivity contribution in [2.75, 3.05) is 5.32 Å². The molecule has 3 aromatic rings. The Morgan fingerprint density at radius 1 is 1.20 bits per heavy atom. The van der Waals surface area contributed by atoms with Crippen LogP contribution in [0.3, 0.4) is 0 Å². The van der Waals surface area contributed by atoms with Gasteiger partial charge in [0.15, 0.2) is 5.65 Å². The summed E-state index contributed by atoms with van der Waals surface area (Å²) in [5.41, 5.74) is 2.00. The Morgan fingerprint density at radius 2 is 1.96 bits per heavy atom. The number of pyridine rings is 1. The Morgan fingerprint density at radius 3 is 2.68 bits per heavy atom. The fourth-order valence-corrected chi connectivity index (χ4v) is 2.81. The molecule has 0 aliphatic carbocycles. The number of anilines is 1. The van der Waals surface area contributed by atoms with Crippen LogP contribution in [0.5, 0.6) is 0 Å². The van der Waals surface area contributed by atoms with Crippen LogP contribution in [0, 0.1) is 6.92 Å². The normalized spacial score (nSPS) is 10.7. The molecule has 0 unspecified atom stereocenters. The van der Waals surface area contributed by atoms with Gasteiger partial charge in [-0.05, 0) is 31.2 Å². The zero-order chi connectivity index (χ0) is 18.1. The van der Waals surface area contributed by atoms with Crippen LogP contribution in [-0.4, -0.2) is 26.7 Å². The number of halogens is 2. The number of aryl methyl sites for hydroxylation is 2. The van der Waals surface area contributed by atoms with E-state index in [0.717, 1.165) is 11.1 Å². The van der Waals surface area contributed by atoms with E-state index >= 15 is 0 Å². The average Bonchev–Trinajstić information content (AvgIpc) is 2.84. The zero-order valence-corrected chi connectivity index (χ0v) is 14.8. The number of rotatable bonds is 2. The van der Waals surface area contributed by atoms with E-state index in [4.69, 9.17) is 23.2 Å². The van der Waals surface area contributed by atoms with Crippen molar-refractivity contribution in [2.24, 2.45) is 7.05 Å². The van der Waals surface area contributed by atoms with Gasteiger partial charge < -0.3 is 5.32 Å². The van der Waals surface area contributed by atoms with Crippen molar-refractivity contribution in [1.82, 2.24) is 20.1 Å². The van der Waals surface area contributed by atoms with Crippen LogP contribution in [0.1, 0.15) is 16.1 Å². The second-order valence-electron chi connectivity index (χ2n) is 5.34. The molecular formula is C16H13Cl2N5O2. The van der Waals surface area contributed by atoms with Crippen LogP contribution < -0.4 is 10.6 Å². The lowest BCUT2D eigenvalue weighted by atomic mass is 10.2. The first-order chi connectivity index (χ1) is 11.8. The van der Waals surface area contributed by atoms with Gasteiger partial charge in [0.25, 0.3) is 5.91 Å². The third kappa shape index (κ3) is 3.57. The highest BCUT2D eigenvalue weighted by Gasteiger charge is 2.15. The highest BCUT2D eigenvalue weighted by molar-refractivity contribution is 6.36. The largest absolute Gasteiger partial charge is 0.326 e. The maximum absolute atomic E-state index is 12.3. The van der Waals surface area contributed by atoms with Gasteiger partial charge in [-0.2, -0.15) is 5.10 Å². The predicted molar refractivity (Wildman–Crippen MR) is 96.2 cm³/mol. The van der Waals surface area contributed by atoms with E-state index in [2.05, 4.69) is 20.7 Å². The molecule has 2 N–H and O–H groups in total. The summed E-state index contributed by atoms with van der Waals surface area (Å²) < 4.78 is 1.63. The second kappa shape index (κ2) is 6.70. The molecule has 0 fully saturated rings. The Hall–Kier alpha value is -2.64. The molecule has 3 amide bonds. The van der Waals surface area contributed by atoms with E-state index in [-0.39, 0.29) is 10.6 Å². The van der Waals surface area contributed by atoms with E-state index in [1.807, 2.05) is 6.92 Å². The second-order valence-corrected chi connectivity index (χ2v) is 6.18. The lowest BCUT2D eigenvalue weighted by Crippen LogP contribution is -2.34. The number of hydrogen-bond acceptors (Lipinski definition) is 4. The molecule has 3 rings (SSSR count). The van der Waals surface area contributed by atoms with E-state index < -0.39 is 11.9 Å². The number of aromatic nitrogens is 3. The first-order valence-corrected chi connectivity index (χ1v) is 7.97. The van der Waals surface area contributed by atoms with Crippen molar-refractivity contribution in [3.63, 3.8) is 0 Å². The molecule has 25 heavy (non-hydrogen) atoms. The fraction of sp³-hybridized carbons (Fsp3) is 0.125. The molecule has 0 aliphatic heterocycles. The Kier molecular flexibility index (Phi) is 4.61. The molecule has 7 nitrogen and oxygen atoms in total. The number of amides is 3. The fourth-order valence-electron chi connectivity index (χ4n) is 2.35. The van der Waals surface area contributed by atoms with Gasteiger partial charge in [-0.1, -0.05) is 23.2 Å². The van der Waals surface area contributed by atoms with E-state index in [1.54, 1.807) is 29.9 Å². The summed E-state index contributed by atoms with van der Waals surface area (Å²) in [6, 6.07) is 5.54. The highest BCUT2D eigenvalue weighted by atomic mass is 35.5. The van der Waals surface area contributed by atoms with E-state index in [1.165, 1.54) is 12.3 Å². The standard InChI is InChI=1S/C16H13Cl2N5O2/c1-8-11-5-9(7-19-14(11)23(2)22-8)15(24)21-16(25)20-13-4-3-10(17)6-12(13)18/h3-7H,1-2H3,(H2,20,21,24,25). The molecule has 9 heteroatoms. The summed E-state index contributed by atoms with van der Waals surface area (Å²) in [6.07, 6.45) is 1.39. The molecule has 0 aliphatic rings. The number of carbonyl (C=O) groups is 2. The topological polar surface area (TPSA) is 88.9 Å². The molecular weight excluding hydrogens is 365 g/mol. The van der Waals surface area contributed by atoms with Crippen molar-refractivity contribution in [3.05, 3.63) is 51.8 Å². The number of benzene rings is 1. The van der Waals surface area contributed by atoms with Gasteiger partial charge in [0.2, 0.25) is 0 Å². The Labute approximate surface area is 152 Å². The lowest BCUT2D eigenvalue weighted by molar-refractivity contribution is 0.0967. The third-order valence-electron chi connectivity index (χ3n) is 3.53. The number of fused-ring (bicyclic) bond motifs is 1. The van der Waals surface area contributed by atoms with Crippen molar-refractivity contribution < 1.29 is 9.59 Å². The van der Waals surface area contributed by atoms with Crippen LogP contribution in [-0.2, 0) is 7.05 Å². The number of nitrogens with zero attached hydrogens (tertiary/aromatic N) is 3. The number of carbonyl (C=O) groups excluding carboxylic acids is 2. The van der Waals surface area contributed by atoms with E-state index in [9.17, 15) is 9.59 Å². The first kappa shape index (κ1) is 17.2. The first-order valence-electron chi connectivity index (χ1n) is 7.22. The van der Waals surface area contributed by atoms with Gasteiger partial charge in [-0.15, -0.1) is 0 Å². The smallest absolute Gasteiger partial charge is 0.306 e. The third-order valence-corrected chi connectivity index (χ3v) is 4.08.